The third-order valence-electron chi connectivity index (χ3n) is 6.43. The summed E-state index contributed by atoms with van der Waals surface area (Å²) in [5.74, 6) is 0.278. The van der Waals surface area contributed by atoms with Gasteiger partial charge in [0.05, 0.1) is 6.61 Å². The van der Waals surface area contributed by atoms with E-state index < -0.39 is 0 Å². The molecule has 2 aliphatic heterocycles. The molecule has 5 rings (SSSR count). The third-order valence-corrected chi connectivity index (χ3v) is 6.43. The second-order valence-electron chi connectivity index (χ2n) is 8.36. The van der Waals surface area contributed by atoms with Gasteiger partial charge < -0.3 is 9.47 Å². The van der Waals surface area contributed by atoms with Crippen LogP contribution >= 0.6 is 0 Å². The largest absolute Gasteiger partial charge is 0.489 e. The number of halogens is 1. The van der Waals surface area contributed by atoms with Crippen molar-refractivity contribution in [1.82, 2.24) is 4.90 Å². The maximum atomic E-state index is 15.1. The van der Waals surface area contributed by atoms with E-state index >= 15 is 4.39 Å². The molecule has 4 heteroatoms. The van der Waals surface area contributed by atoms with Gasteiger partial charge in [-0.1, -0.05) is 66.7 Å². The minimum absolute atomic E-state index is 0.0820. The van der Waals surface area contributed by atoms with Gasteiger partial charge in [0, 0.05) is 17.5 Å². The molecule has 1 saturated heterocycles. The molecule has 0 unspecified atom stereocenters. The van der Waals surface area contributed by atoms with Crippen molar-refractivity contribution in [1.29, 1.82) is 0 Å². The van der Waals surface area contributed by atoms with Crippen LogP contribution in [0, 0.1) is 5.82 Å². The zero-order chi connectivity index (χ0) is 20.4. The average molecular weight is 403 g/mol. The minimum atomic E-state index is -0.368. The molecule has 0 saturated carbocycles. The van der Waals surface area contributed by atoms with Crippen molar-refractivity contribution in [2.24, 2.45) is 0 Å². The molecule has 0 aliphatic carbocycles. The molecule has 3 aromatic rings. The Kier molecular flexibility index (Phi) is 5.17. The number of piperidine rings is 1. The summed E-state index contributed by atoms with van der Waals surface area (Å²) in [6.45, 7) is 3.85. The molecule has 2 heterocycles. The van der Waals surface area contributed by atoms with Crippen molar-refractivity contribution >= 4 is 0 Å². The number of ether oxygens (including phenoxy) is 2. The molecular weight excluding hydrogens is 377 g/mol. The van der Waals surface area contributed by atoms with Crippen LogP contribution in [-0.2, 0) is 18.6 Å². The van der Waals surface area contributed by atoms with Gasteiger partial charge >= 0.3 is 0 Å². The molecule has 0 amide bonds. The van der Waals surface area contributed by atoms with E-state index in [0.29, 0.717) is 19.0 Å². The second-order valence-corrected chi connectivity index (χ2v) is 8.36. The van der Waals surface area contributed by atoms with E-state index in [9.17, 15) is 0 Å². The quantitative estimate of drug-likeness (QED) is 0.575. The van der Waals surface area contributed by atoms with Gasteiger partial charge in [-0.3, -0.25) is 4.90 Å². The molecular formula is C26H26FNO2. The monoisotopic (exact) mass is 403 g/mol. The molecule has 154 valence electrons. The van der Waals surface area contributed by atoms with Crippen LogP contribution < -0.4 is 9.47 Å². The number of hydrogen-bond donors (Lipinski definition) is 0. The smallest absolute Gasteiger partial charge is 0.207 e. The molecule has 1 fully saturated rings. The maximum absolute atomic E-state index is 15.1. The first-order chi connectivity index (χ1) is 14.7. The van der Waals surface area contributed by atoms with Crippen molar-refractivity contribution in [3.63, 3.8) is 0 Å². The van der Waals surface area contributed by atoms with Gasteiger partial charge in [-0.05, 0) is 43.1 Å². The maximum Gasteiger partial charge on any atom is 0.207 e. The van der Waals surface area contributed by atoms with Crippen molar-refractivity contribution in [3.8, 4) is 11.5 Å². The standard InChI is InChI=1S/C26H26FNO2/c27-24-23(29-18-21-9-5-2-6-10-21)12-11-22-25(24)30-19-26(22)13-15-28(16-14-26)17-20-7-3-1-4-8-20/h1-12H,13-19H2. The van der Waals surface area contributed by atoms with Crippen LogP contribution in [-0.4, -0.2) is 24.6 Å². The summed E-state index contributed by atoms with van der Waals surface area (Å²) >= 11 is 0. The molecule has 0 radical (unpaired) electrons. The van der Waals surface area contributed by atoms with Crippen LogP contribution in [0.2, 0.25) is 0 Å². The van der Waals surface area contributed by atoms with Gasteiger partial charge in [-0.25, -0.2) is 0 Å². The summed E-state index contributed by atoms with van der Waals surface area (Å²) in [6, 6.07) is 24.2. The van der Waals surface area contributed by atoms with Crippen LogP contribution in [0.4, 0.5) is 4.39 Å². The predicted octanol–water partition coefficient (Wildman–Crippen LogP) is 5.33. The van der Waals surface area contributed by atoms with E-state index in [0.717, 1.165) is 43.6 Å². The van der Waals surface area contributed by atoms with Gasteiger partial charge in [0.25, 0.3) is 0 Å². The molecule has 30 heavy (non-hydrogen) atoms. The normalized spacial score (nSPS) is 17.5. The fraction of sp³-hybridized carbons (Fsp3) is 0.308. The lowest BCUT2D eigenvalue weighted by molar-refractivity contribution is 0.129. The first kappa shape index (κ1) is 19.1. The Morgan fingerprint density at radius 3 is 2.23 bits per heavy atom. The summed E-state index contributed by atoms with van der Waals surface area (Å²) in [5.41, 5.74) is 3.27. The van der Waals surface area contributed by atoms with E-state index in [1.165, 1.54) is 5.56 Å². The topological polar surface area (TPSA) is 21.7 Å². The zero-order valence-electron chi connectivity index (χ0n) is 17.0. The Hall–Kier alpha value is -2.85. The highest BCUT2D eigenvalue weighted by molar-refractivity contribution is 5.50. The summed E-state index contributed by atoms with van der Waals surface area (Å²) in [7, 11) is 0. The number of likely N-dealkylation sites (tertiary alicyclic amines) is 1. The number of hydrogen-bond acceptors (Lipinski definition) is 3. The van der Waals surface area contributed by atoms with Crippen LogP contribution in [0.1, 0.15) is 29.5 Å². The van der Waals surface area contributed by atoms with E-state index in [4.69, 9.17) is 9.47 Å². The number of rotatable bonds is 5. The van der Waals surface area contributed by atoms with Crippen molar-refractivity contribution in [3.05, 3.63) is 95.3 Å². The molecule has 3 nitrogen and oxygen atoms in total. The van der Waals surface area contributed by atoms with Crippen LogP contribution in [0.25, 0.3) is 0 Å². The second kappa shape index (κ2) is 8.11. The van der Waals surface area contributed by atoms with Crippen molar-refractivity contribution < 1.29 is 13.9 Å². The van der Waals surface area contributed by atoms with Crippen LogP contribution in [0.15, 0.2) is 72.8 Å². The first-order valence-corrected chi connectivity index (χ1v) is 10.6. The third kappa shape index (κ3) is 3.68. The fourth-order valence-corrected chi connectivity index (χ4v) is 4.63. The van der Waals surface area contributed by atoms with E-state index in [2.05, 4.69) is 29.2 Å². The Morgan fingerprint density at radius 1 is 0.867 bits per heavy atom. The average Bonchev–Trinajstić information content (AvgIpc) is 3.15. The van der Waals surface area contributed by atoms with Gasteiger partial charge in [-0.2, -0.15) is 4.39 Å². The number of fused-ring (bicyclic) bond motifs is 2. The predicted molar refractivity (Wildman–Crippen MR) is 115 cm³/mol. The molecule has 0 atom stereocenters. The Morgan fingerprint density at radius 2 is 1.53 bits per heavy atom. The summed E-state index contributed by atoms with van der Waals surface area (Å²) in [5, 5.41) is 0. The molecule has 1 spiro atoms. The van der Waals surface area contributed by atoms with Crippen molar-refractivity contribution in [2.75, 3.05) is 19.7 Å². The lowest BCUT2D eigenvalue weighted by atomic mass is 9.74. The zero-order valence-corrected chi connectivity index (χ0v) is 17.0. The van der Waals surface area contributed by atoms with Gasteiger partial charge in [0.1, 0.15) is 6.61 Å². The molecule has 0 bridgehead atoms. The SMILES string of the molecule is Fc1c(OCc2ccccc2)ccc2c1OCC21CCN(Cc2ccccc2)CC1. The molecule has 0 N–H and O–H groups in total. The van der Waals surface area contributed by atoms with E-state index in [1.807, 2.05) is 42.5 Å². The number of nitrogens with zero attached hydrogens (tertiary/aromatic N) is 1. The first-order valence-electron chi connectivity index (χ1n) is 10.6. The van der Waals surface area contributed by atoms with Crippen molar-refractivity contribution in [2.45, 2.75) is 31.4 Å². The fourth-order valence-electron chi connectivity index (χ4n) is 4.63. The summed E-state index contributed by atoms with van der Waals surface area (Å²) < 4.78 is 26.8. The summed E-state index contributed by atoms with van der Waals surface area (Å²) in [4.78, 5) is 2.48. The molecule has 2 aliphatic rings. The molecule has 3 aromatic carbocycles. The Labute approximate surface area is 177 Å². The van der Waals surface area contributed by atoms with E-state index in [1.54, 1.807) is 6.07 Å². The molecule has 0 aromatic heterocycles. The van der Waals surface area contributed by atoms with Gasteiger partial charge in [0.15, 0.2) is 11.5 Å². The highest BCUT2D eigenvalue weighted by atomic mass is 19.1. The lowest BCUT2D eigenvalue weighted by Crippen LogP contribution is -2.43. The Bertz CT molecular complexity index is 998. The minimum Gasteiger partial charge on any atom is -0.489 e. The summed E-state index contributed by atoms with van der Waals surface area (Å²) in [6.07, 6.45) is 1.97. The highest BCUT2D eigenvalue weighted by Gasteiger charge is 2.44. The number of benzene rings is 3. The Balaban J connectivity index is 1.27. The lowest BCUT2D eigenvalue weighted by Gasteiger charge is -2.38. The van der Waals surface area contributed by atoms with E-state index in [-0.39, 0.29) is 17.0 Å². The highest BCUT2D eigenvalue weighted by Crippen LogP contribution is 2.48. The van der Waals surface area contributed by atoms with Gasteiger partial charge in [-0.15, -0.1) is 0 Å². The van der Waals surface area contributed by atoms with Gasteiger partial charge in [0.2, 0.25) is 5.82 Å². The van der Waals surface area contributed by atoms with Crippen LogP contribution in [0.3, 0.4) is 0 Å². The van der Waals surface area contributed by atoms with Crippen LogP contribution in [0.5, 0.6) is 11.5 Å².